The average molecular weight is 157 g/mol. The molecule has 0 amide bonds. The first-order valence-corrected chi connectivity index (χ1v) is 3.68. The van der Waals surface area contributed by atoms with E-state index in [0.717, 1.165) is 6.42 Å². The fraction of sp³-hybridized carbons (Fsp3) is 1.00. The molecule has 0 saturated heterocycles. The second-order valence-electron chi connectivity index (χ2n) is 1.64. The molecule has 0 saturated carbocycles. The summed E-state index contributed by atoms with van der Waals surface area (Å²) in [7, 11) is 0. The molecule has 50 valence electrons. The molecule has 0 rings (SSSR count). The maximum absolute atomic E-state index is 8.80. The first-order chi connectivity index (χ1) is 3.81. The van der Waals surface area contributed by atoms with Crippen LogP contribution in [-0.4, -0.2) is 23.0 Å². The van der Waals surface area contributed by atoms with Crippen LogP contribution in [0, 0.1) is 0 Å². The molecule has 8 heavy (non-hydrogen) atoms. The van der Waals surface area contributed by atoms with Gasteiger partial charge in [-0.05, 0) is 12.8 Å². The maximum Gasteiger partial charge on any atom is 0.0675 e. The van der Waals surface area contributed by atoms with E-state index < -0.39 is 0 Å². The van der Waals surface area contributed by atoms with E-state index in [-0.39, 0.29) is 6.10 Å². The van der Waals surface area contributed by atoms with Crippen LogP contribution in [0.5, 0.6) is 0 Å². The Morgan fingerprint density at radius 3 is 2.38 bits per heavy atom. The van der Waals surface area contributed by atoms with Gasteiger partial charge in [0.1, 0.15) is 0 Å². The molecule has 0 aliphatic heterocycles. The molecule has 1 atom stereocenters. The van der Waals surface area contributed by atoms with Gasteiger partial charge < -0.3 is 5.11 Å². The summed E-state index contributed by atoms with van der Waals surface area (Å²) < 4.78 is 0. The van der Waals surface area contributed by atoms with E-state index in [1.165, 1.54) is 0 Å². The second-order valence-corrected chi connectivity index (χ2v) is 2.33. The third kappa shape index (κ3) is 4.69. The second kappa shape index (κ2) is 5.67. The summed E-state index contributed by atoms with van der Waals surface area (Å²) in [5.74, 6) is 0.921. The highest BCUT2D eigenvalue weighted by molar-refractivity contribution is 6.18. The smallest absolute Gasteiger partial charge is 0.0675 e. The van der Waals surface area contributed by atoms with Gasteiger partial charge in [-0.3, -0.25) is 0 Å². The lowest BCUT2D eigenvalue weighted by atomic mass is 10.2. The van der Waals surface area contributed by atoms with E-state index in [9.17, 15) is 0 Å². The largest absolute Gasteiger partial charge is 0.392 e. The van der Waals surface area contributed by atoms with Gasteiger partial charge in [0.05, 0.1) is 6.10 Å². The van der Waals surface area contributed by atoms with E-state index >= 15 is 0 Å². The van der Waals surface area contributed by atoms with Crippen molar-refractivity contribution < 1.29 is 5.11 Å². The molecule has 0 bridgehead atoms. The van der Waals surface area contributed by atoms with Crippen molar-refractivity contribution in [2.75, 3.05) is 11.8 Å². The van der Waals surface area contributed by atoms with Gasteiger partial charge in [-0.1, -0.05) is 0 Å². The predicted octanol–water partition coefficient (Wildman–Crippen LogP) is 1.61. The zero-order valence-electron chi connectivity index (χ0n) is 4.61. The lowest BCUT2D eigenvalue weighted by Crippen LogP contribution is -2.07. The minimum atomic E-state index is -0.365. The van der Waals surface area contributed by atoms with E-state index in [1.807, 2.05) is 0 Å². The Bertz CT molecular complexity index is 49.7. The molecule has 1 N–H and O–H groups in total. The zero-order valence-corrected chi connectivity index (χ0v) is 6.12. The van der Waals surface area contributed by atoms with Crippen LogP contribution < -0.4 is 0 Å². The summed E-state index contributed by atoms with van der Waals surface area (Å²) in [6, 6.07) is 0. The summed E-state index contributed by atoms with van der Waals surface area (Å²) in [5, 5.41) is 8.80. The topological polar surface area (TPSA) is 20.2 Å². The van der Waals surface area contributed by atoms with Crippen molar-refractivity contribution in [3.8, 4) is 0 Å². The molecule has 0 aromatic rings. The van der Waals surface area contributed by atoms with Gasteiger partial charge in [-0.15, -0.1) is 23.2 Å². The minimum Gasteiger partial charge on any atom is -0.392 e. The first-order valence-electron chi connectivity index (χ1n) is 2.61. The van der Waals surface area contributed by atoms with Crippen LogP contribution in [0.3, 0.4) is 0 Å². The monoisotopic (exact) mass is 156 g/mol. The van der Waals surface area contributed by atoms with Crippen molar-refractivity contribution >= 4 is 23.2 Å². The van der Waals surface area contributed by atoms with Crippen molar-refractivity contribution in [2.45, 2.75) is 18.9 Å². The quantitative estimate of drug-likeness (QED) is 0.614. The summed E-state index contributed by atoms with van der Waals surface area (Å²) in [4.78, 5) is 0. The van der Waals surface area contributed by atoms with Gasteiger partial charge in [-0.25, -0.2) is 0 Å². The fourth-order valence-electron chi connectivity index (χ4n) is 0.390. The summed E-state index contributed by atoms with van der Waals surface area (Å²) in [6.07, 6.45) is 1.19. The van der Waals surface area contributed by atoms with E-state index in [1.54, 1.807) is 0 Å². The highest BCUT2D eigenvalue weighted by Gasteiger charge is 1.98. The summed E-state index contributed by atoms with van der Waals surface area (Å²) in [6.45, 7) is 0. The third-order valence-electron chi connectivity index (χ3n) is 0.849. The van der Waals surface area contributed by atoms with Gasteiger partial charge in [0.2, 0.25) is 0 Å². The standard InChI is InChI=1S/C5H10Cl2O/c6-3-1-2-5(8)4-7/h5,8H,1-4H2. The van der Waals surface area contributed by atoms with Crippen molar-refractivity contribution in [2.24, 2.45) is 0 Å². The van der Waals surface area contributed by atoms with Crippen molar-refractivity contribution in [1.29, 1.82) is 0 Å². The molecule has 0 aliphatic carbocycles. The third-order valence-corrected chi connectivity index (χ3v) is 1.47. The SMILES string of the molecule is OC(CCl)CCCCl. The van der Waals surface area contributed by atoms with Crippen LogP contribution in [0.4, 0.5) is 0 Å². The normalized spacial score (nSPS) is 13.9. The molecule has 1 unspecified atom stereocenters. The van der Waals surface area contributed by atoms with Gasteiger partial charge in [0.15, 0.2) is 0 Å². The Morgan fingerprint density at radius 1 is 1.38 bits per heavy atom. The number of aliphatic hydroxyl groups excluding tert-OH is 1. The molecular weight excluding hydrogens is 147 g/mol. The summed E-state index contributed by atoms with van der Waals surface area (Å²) >= 11 is 10.6. The predicted molar refractivity (Wildman–Crippen MR) is 36.7 cm³/mol. The molecule has 0 aromatic heterocycles. The first kappa shape index (κ1) is 8.54. The number of hydrogen-bond donors (Lipinski definition) is 1. The van der Waals surface area contributed by atoms with Crippen molar-refractivity contribution in [3.05, 3.63) is 0 Å². The van der Waals surface area contributed by atoms with Crippen LogP contribution in [0.25, 0.3) is 0 Å². The molecule has 0 aliphatic rings. The Labute approximate surface area is 59.6 Å². The van der Waals surface area contributed by atoms with Crippen LogP contribution in [-0.2, 0) is 0 Å². The molecule has 1 nitrogen and oxygen atoms in total. The Morgan fingerprint density at radius 2 is 2.00 bits per heavy atom. The van der Waals surface area contributed by atoms with Gasteiger partial charge in [0, 0.05) is 11.8 Å². The Balaban J connectivity index is 2.86. The van der Waals surface area contributed by atoms with Gasteiger partial charge in [0.25, 0.3) is 0 Å². The number of halogens is 2. The van der Waals surface area contributed by atoms with Gasteiger partial charge >= 0.3 is 0 Å². The molecular formula is C5H10Cl2O. The Kier molecular flexibility index (Phi) is 6.06. The molecule has 0 aromatic carbocycles. The zero-order chi connectivity index (χ0) is 6.41. The molecule has 0 radical (unpaired) electrons. The lowest BCUT2D eigenvalue weighted by molar-refractivity contribution is 0.187. The average Bonchev–Trinajstić information content (AvgIpc) is 1.83. The minimum absolute atomic E-state index is 0.316. The molecule has 0 spiro atoms. The molecule has 3 heteroatoms. The van der Waals surface area contributed by atoms with Crippen molar-refractivity contribution in [3.63, 3.8) is 0 Å². The number of alkyl halides is 2. The number of hydrogen-bond acceptors (Lipinski definition) is 1. The highest BCUT2D eigenvalue weighted by Crippen LogP contribution is 1.99. The van der Waals surface area contributed by atoms with Crippen LogP contribution in [0.15, 0.2) is 0 Å². The number of rotatable bonds is 4. The van der Waals surface area contributed by atoms with Crippen LogP contribution in [0.1, 0.15) is 12.8 Å². The number of aliphatic hydroxyl groups is 1. The Hall–Kier alpha value is 0.540. The summed E-state index contributed by atoms with van der Waals surface area (Å²) in [5.41, 5.74) is 0. The maximum atomic E-state index is 8.80. The van der Waals surface area contributed by atoms with E-state index in [0.29, 0.717) is 18.2 Å². The molecule has 0 heterocycles. The lowest BCUT2D eigenvalue weighted by Gasteiger charge is -2.01. The van der Waals surface area contributed by atoms with Gasteiger partial charge in [-0.2, -0.15) is 0 Å². The van der Waals surface area contributed by atoms with Crippen LogP contribution in [0.2, 0.25) is 0 Å². The van der Waals surface area contributed by atoms with Crippen molar-refractivity contribution in [1.82, 2.24) is 0 Å². The van der Waals surface area contributed by atoms with Crippen LogP contribution >= 0.6 is 23.2 Å². The highest BCUT2D eigenvalue weighted by atomic mass is 35.5. The van der Waals surface area contributed by atoms with E-state index in [2.05, 4.69) is 0 Å². The molecule has 0 fully saturated rings. The van der Waals surface area contributed by atoms with E-state index in [4.69, 9.17) is 28.3 Å². The fourth-order valence-corrected chi connectivity index (χ4v) is 0.699.